The minimum Gasteiger partial charge on any atom is -0.497 e. The van der Waals surface area contributed by atoms with Gasteiger partial charge in [0.15, 0.2) is 0 Å². The number of hydrogen-bond acceptors (Lipinski definition) is 3. The van der Waals surface area contributed by atoms with Gasteiger partial charge in [0.25, 0.3) is 0 Å². The van der Waals surface area contributed by atoms with Crippen LogP contribution in [0.3, 0.4) is 0 Å². The highest BCUT2D eigenvalue weighted by Gasteiger charge is 2.31. The average Bonchev–Trinajstić information content (AvgIpc) is 2.47. The predicted octanol–water partition coefficient (Wildman–Crippen LogP) is 2.82. The Morgan fingerprint density at radius 2 is 2.26 bits per heavy atom. The minimum absolute atomic E-state index is 0.453. The Labute approximate surface area is 116 Å². The fourth-order valence-corrected chi connectivity index (χ4v) is 3.24. The van der Waals surface area contributed by atoms with Gasteiger partial charge in [-0.1, -0.05) is 19.1 Å². The molecule has 3 heteroatoms. The normalized spacial score (nSPS) is 24.4. The van der Waals surface area contributed by atoms with Gasteiger partial charge in [0, 0.05) is 6.04 Å². The van der Waals surface area contributed by atoms with Crippen LogP contribution >= 0.6 is 0 Å². The summed E-state index contributed by atoms with van der Waals surface area (Å²) in [7, 11) is 1.73. The highest BCUT2D eigenvalue weighted by molar-refractivity contribution is 5.31. The molecule has 2 rings (SSSR count). The summed E-state index contributed by atoms with van der Waals surface area (Å²) in [5, 5.41) is 0. The first-order chi connectivity index (χ1) is 9.30. The number of piperidine rings is 1. The summed E-state index contributed by atoms with van der Waals surface area (Å²) in [6.45, 7) is 5.35. The molecule has 0 spiro atoms. The van der Waals surface area contributed by atoms with E-state index in [-0.39, 0.29) is 0 Å². The van der Waals surface area contributed by atoms with E-state index in [0.717, 1.165) is 18.8 Å². The van der Waals surface area contributed by atoms with Gasteiger partial charge in [0.2, 0.25) is 0 Å². The first-order valence-electron chi connectivity index (χ1n) is 7.38. The molecule has 0 radical (unpaired) electrons. The number of methoxy groups -OCH3 is 1. The lowest BCUT2D eigenvalue weighted by molar-refractivity contribution is 0.0959. The topological polar surface area (TPSA) is 38.5 Å². The number of rotatable bonds is 5. The minimum atomic E-state index is 0.453. The van der Waals surface area contributed by atoms with E-state index in [1.54, 1.807) is 7.11 Å². The molecule has 1 fully saturated rings. The molecule has 1 aromatic rings. The Balaban J connectivity index is 2.27. The van der Waals surface area contributed by atoms with Gasteiger partial charge < -0.3 is 10.5 Å². The molecule has 1 saturated heterocycles. The van der Waals surface area contributed by atoms with E-state index in [1.807, 2.05) is 6.07 Å². The molecule has 0 amide bonds. The van der Waals surface area contributed by atoms with Crippen LogP contribution < -0.4 is 10.5 Å². The molecule has 1 aliphatic heterocycles. The summed E-state index contributed by atoms with van der Waals surface area (Å²) in [6, 6.07) is 8.92. The molecular formula is C16H26N2O. The van der Waals surface area contributed by atoms with Crippen molar-refractivity contribution in [2.75, 3.05) is 26.7 Å². The Kier molecular flexibility index (Phi) is 5.23. The van der Waals surface area contributed by atoms with Crippen LogP contribution in [0.15, 0.2) is 24.3 Å². The van der Waals surface area contributed by atoms with Crippen molar-refractivity contribution in [2.24, 2.45) is 11.7 Å². The monoisotopic (exact) mass is 262 g/mol. The zero-order valence-corrected chi connectivity index (χ0v) is 12.1. The third-order valence-electron chi connectivity index (χ3n) is 4.11. The average molecular weight is 262 g/mol. The molecule has 1 aromatic carbocycles. The van der Waals surface area contributed by atoms with Gasteiger partial charge >= 0.3 is 0 Å². The van der Waals surface area contributed by atoms with Gasteiger partial charge in [-0.25, -0.2) is 0 Å². The van der Waals surface area contributed by atoms with Gasteiger partial charge in [-0.15, -0.1) is 0 Å². The summed E-state index contributed by atoms with van der Waals surface area (Å²) >= 11 is 0. The molecule has 0 saturated carbocycles. The van der Waals surface area contributed by atoms with Crippen LogP contribution in [0.2, 0.25) is 0 Å². The number of ether oxygens (including phenoxy) is 1. The lowest BCUT2D eigenvalue weighted by Crippen LogP contribution is -2.41. The largest absolute Gasteiger partial charge is 0.497 e. The number of likely N-dealkylation sites (tertiary alicyclic amines) is 1. The van der Waals surface area contributed by atoms with Gasteiger partial charge in [0.1, 0.15) is 5.75 Å². The van der Waals surface area contributed by atoms with Crippen molar-refractivity contribution >= 4 is 0 Å². The molecular weight excluding hydrogens is 236 g/mol. The first kappa shape index (κ1) is 14.4. The zero-order chi connectivity index (χ0) is 13.7. The Morgan fingerprint density at radius 3 is 2.95 bits per heavy atom. The van der Waals surface area contributed by atoms with Crippen LogP contribution in [0.4, 0.5) is 0 Å². The maximum absolute atomic E-state index is 6.00. The first-order valence-corrected chi connectivity index (χ1v) is 7.38. The molecule has 1 heterocycles. The van der Waals surface area contributed by atoms with Crippen molar-refractivity contribution in [3.8, 4) is 5.75 Å². The van der Waals surface area contributed by atoms with E-state index in [1.165, 1.54) is 31.4 Å². The molecule has 0 bridgehead atoms. The molecule has 106 valence electrons. The van der Waals surface area contributed by atoms with Crippen LogP contribution in [0.1, 0.15) is 37.8 Å². The predicted molar refractivity (Wildman–Crippen MR) is 79.4 cm³/mol. The van der Waals surface area contributed by atoms with Crippen molar-refractivity contribution in [1.29, 1.82) is 0 Å². The fourth-order valence-electron chi connectivity index (χ4n) is 3.24. The van der Waals surface area contributed by atoms with Crippen molar-refractivity contribution in [2.45, 2.75) is 32.2 Å². The lowest BCUT2D eigenvalue weighted by Gasteiger charge is -2.41. The lowest BCUT2D eigenvalue weighted by atomic mass is 9.84. The van der Waals surface area contributed by atoms with E-state index in [2.05, 4.69) is 30.0 Å². The van der Waals surface area contributed by atoms with Crippen LogP contribution in [-0.4, -0.2) is 31.6 Å². The summed E-state index contributed by atoms with van der Waals surface area (Å²) < 4.78 is 5.36. The maximum Gasteiger partial charge on any atom is 0.119 e. The second-order valence-corrected chi connectivity index (χ2v) is 5.40. The smallest absolute Gasteiger partial charge is 0.119 e. The van der Waals surface area contributed by atoms with Gasteiger partial charge in [-0.3, -0.25) is 4.90 Å². The summed E-state index contributed by atoms with van der Waals surface area (Å²) in [6.07, 6.45) is 3.69. The van der Waals surface area contributed by atoms with E-state index >= 15 is 0 Å². The molecule has 0 aliphatic carbocycles. The molecule has 19 heavy (non-hydrogen) atoms. The molecule has 2 N–H and O–H groups in total. The standard InChI is InChI=1S/C16H26N2O/c1-3-9-18-10-5-7-14(12-17)16(18)13-6-4-8-15(11-13)19-2/h4,6,8,11,14,16H,3,5,7,9-10,12,17H2,1-2H3. The second kappa shape index (κ2) is 6.92. The van der Waals surface area contributed by atoms with Crippen LogP contribution in [0, 0.1) is 5.92 Å². The third kappa shape index (κ3) is 3.28. The molecule has 3 nitrogen and oxygen atoms in total. The highest BCUT2D eigenvalue weighted by Crippen LogP contribution is 2.36. The van der Waals surface area contributed by atoms with E-state index < -0.39 is 0 Å². The fraction of sp³-hybridized carbons (Fsp3) is 0.625. The third-order valence-corrected chi connectivity index (χ3v) is 4.11. The van der Waals surface area contributed by atoms with Crippen molar-refractivity contribution in [3.05, 3.63) is 29.8 Å². The summed E-state index contributed by atoms with van der Waals surface area (Å²) in [5.41, 5.74) is 7.35. The number of hydrogen-bond donors (Lipinski definition) is 1. The zero-order valence-electron chi connectivity index (χ0n) is 12.1. The second-order valence-electron chi connectivity index (χ2n) is 5.40. The number of benzene rings is 1. The Hall–Kier alpha value is -1.06. The summed E-state index contributed by atoms with van der Waals surface area (Å²) in [5.74, 6) is 1.50. The molecule has 2 unspecified atom stereocenters. The van der Waals surface area contributed by atoms with E-state index in [9.17, 15) is 0 Å². The van der Waals surface area contributed by atoms with Crippen LogP contribution in [0.5, 0.6) is 5.75 Å². The Morgan fingerprint density at radius 1 is 1.42 bits per heavy atom. The van der Waals surface area contributed by atoms with Crippen LogP contribution in [0.25, 0.3) is 0 Å². The maximum atomic E-state index is 6.00. The molecule has 0 aromatic heterocycles. The van der Waals surface area contributed by atoms with Crippen molar-refractivity contribution in [1.82, 2.24) is 4.90 Å². The van der Waals surface area contributed by atoms with E-state index in [0.29, 0.717) is 12.0 Å². The van der Waals surface area contributed by atoms with Crippen molar-refractivity contribution in [3.63, 3.8) is 0 Å². The SMILES string of the molecule is CCCN1CCCC(CN)C1c1cccc(OC)c1. The molecule has 1 aliphatic rings. The highest BCUT2D eigenvalue weighted by atomic mass is 16.5. The quantitative estimate of drug-likeness (QED) is 0.887. The van der Waals surface area contributed by atoms with Gasteiger partial charge in [-0.2, -0.15) is 0 Å². The van der Waals surface area contributed by atoms with Crippen LogP contribution in [-0.2, 0) is 0 Å². The number of nitrogens with zero attached hydrogens (tertiary/aromatic N) is 1. The van der Waals surface area contributed by atoms with Crippen molar-refractivity contribution < 1.29 is 4.74 Å². The summed E-state index contributed by atoms with van der Waals surface area (Å²) in [4.78, 5) is 2.59. The molecule has 2 atom stereocenters. The number of nitrogens with two attached hydrogens (primary N) is 1. The van der Waals surface area contributed by atoms with Gasteiger partial charge in [0.05, 0.1) is 7.11 Å². The van der Waals surface area contributed by atoms with E-state index in [4.69, 9.17) is 10.5 Å². The van der Waals surface area contributed by atoms with Gasteiger partial charge in [-0.05, 0) is 62.5 Å². The Bertz CT molecular complexity index is 392.